The van der Waals surface area contributed by atoms with Crippen LogP contribution in [0.25, 0.3) is 0 Å². The molecule has 20 heavy (non-hydrogen) atoms. The van der Waals surface area contributed by atoms with Gasteiger partial charge in [0.1, 0.15) is 6.42 Å². The Hall–Kier alpha value is -2.35. The van der Waals surface area contributed by atoms with Crippen molar-refractivity contribution < 1.29 is 9.59 Å². The van der Waals surface area contributed by atoms with Gasteiger partial charge in [-0.1, -0.05) is 19.9 Å². The van der Waals surface area contributed by atoms with Gasteiger partial charge in [0.15, 0.2) is 0 Å². The molecule has 0 aliphatic carbocycles. The zero-order valence-electron chi connectivity index (χ0n) is 12.0. The predicted molar refractivity (Wildman–Crippen MR) is 78.1 cm³/mol. The van der Waals surface area contributed by atoms with E-state index in [4.69, 9.17) is 5.26 Å². The molecule has 0 atom stereocenters. The zero-order chi connectivity index (χ0) is 15.1. The highest BCUT2D eigenvalue weighted by atomic mass is 16.2. The van der Waals surface area contributed by atoms with Gasteiger partial charge < -0.3 is 10.6 Å². The van der Waals surface area contributed by atoms with Crippen LogP contribution >= 0.6 is 0 Å². The number of benzene rings is 1. The molecule has 0 aliphatic rings. The van der Waals surface area contributed by atoms with Gasteiger partial charge in [-0.15, -0.1) is 0 Å². The van der Waals surface area contributed by atoms with Gasteiger partial charge in [0, 0.05) is 17.8 Å². The fraction of sp³-hybridized carbons (Fsp3) is 0.400. The molecule has 0 fully saturated rings. The third kappa shape index (κ3) is 4.73. The molecule has 1 aromatic carbocycles. The van der Waals surface area contributed by atoms with E-state index in [2.05, 4.69) is 10.6 Å². The molecule has 1 aromatic rings. The van der Waals surface area contributed by atoms with Crippen LogP contribution in [0, 0.1) is 24.2 Å². The summed E-state index contributed by atoms with van der Waals surface area (Å²) >= 11 is 0. The summed E-state index contributed by atoms with van der Waals surface area (Å²) in [5.74, 6) is -0.126. The number of rotatable bonds is 5. The fourth-order valence-corrected chi connectivity index (χ4v) is 1.74. The summed E-state index contributed by atoms with van der Waals surface area (Å²) in [6.45, 7) is 5.77. The molecule has 0 radical (unpaired) electrons. The largest absolute Gasteiger partial charge is 0.326 e. The number of nitrogens with zero attached hydrogens (tertiary/aromatic N) is 1. The molecule has 2 N–H and O–H groups in total. The second-order valence-corrected chi connectivity index (χ2v) is 5.01. The van der Waals surface area contributed by atoms with E-state index in [1.165, 1.54) is 0 Å². The second-order valence-electron chi connectivity index (χ2n) is 5.01. The molecule has 5 heteroatoms. The standard InChI is InChI=1S/C15H19N3O2/c1-10(2)9-15(20)18-13-6-4-5-12(11(13)3)17-14(19)7-8-16/h4-6,10H,7,9H2,1-3H3,(H,17,19)(H,18,20). The third-order valence-corrected chi connectivity index (χ3v) is 2.72. The number of carbonyl (C=O) groups is 2. The molecule has 0 aromatic heterocycles. The highest BCUT2D eigenvalue weighted by Gasteiger charge is 2.10. The number of carbonyl (C=O) groups excluding carboxylic acids is 2. The van der Waals surface area contributed by atoms with Crippen molar-refractivity contribution in [3.63, 3.8) is 0 Å². The molecule has 106 valence electrons. The van der Waals surface area contributed by atoms with E-state index in [9.17, 15) is 9.59 Å². The van der Waals surface area contributed by atoms with E-state index in [-0.39, 0.29) is 24.2 Å². The second kappa shape index (κ2) is 7.29. The lowest BCUT2D eigenvalue weighted by Crippen LogP contribution is -2.16. The summed E-state index contributed by atoms with van der Waals surface area (Å²) < 4.78 is 0. The normalized spacial score (nSPS) is 9.95. The summed E-state index contributed by atoms with van der Waals surface area (Å²) in [6.07, 6.45) is 0.258. The van der Waals surface area contributed by atoms with Crippen molar-refractivity contribution in [1.29, 1.82) is 5.26 Å². The lowest BCUT2D eigenvalue weighted by Gasteiger charge is -2.13. The van der Waals surface area contributed by atoms with Gasteiger partial charge in [-0.2, -0.15) is 5.26 Å². The minimum absolute atomic E-state index is 0.0522. The molecule has 1 rings (SSSR count). The topological polar surface area (TPSA) is 82.0 Å². The molecule has 0 spiro atoms. The van der Waals surface area contributed by atoms with Crippen molar-refractivity contribution in [3.8, 4) is 6.07 Å². The van der Waals surface area contributed by atoms with Crippen LogP contribution in [-0.2, 0) is 9.59 Å². The third-order valence-electron chi connectivity index (χ3n) is 2.72. The van der Waals surface area contributed by atoms with Crippen LogP contribution in [0.2, 0.25) is 0 Å². The fourth-order valence-electron chi connectivity index (χ4n) is 1.74. The average molecular weight is 273 g/mol. The Morgan fingerprint density at radius 3 is 2.25 bits per heavy atom. The molecule has 0 saturated heterocycles. The Morgan fingerprint density at radius 2 is 1.75 bits per heavy atom. The number of anilines is 2. The summed E-state index contributed by atoms with van der Waals surface area (Å²) in [7, 11) is 0. The molecule has 0 saturated carbocycles. The van der Waals surface area contributed by atoms with E-state index in [0.29, 0.717) is 17.8 Å². The monoisotopic (exact) mass is 273 g/mol. The van der Waals surface area contributed by atoms with E-state index < -0.39 is 0 Å². The van der Waals surface area contributed by atoms with Gasteiger partial charge in [0.05, 0.1) is 6.07 Å². The maximum absolute atomic E-state index is 11.8. The van der Waals surface area contributed by atoms with Gasteiger partial charge >= 0.3 is 0 Å². The summed E-state index contributed by atoms with van der Waals surface area (Å²) in [6, 6.07) is 7.07. The Morgan fingerprint density at radius 1 is 1.20 bits per heavy atom. The maximum Gasteiger partial charge on any atom is 0.238 e. The average Bonchev–Trinajstić information content (AvgIpc) is 2.33. The molecule has 0 bridgehead atoms. The van der Waals surface area contributed by atoms with Crippen LogP contribution in [-0.4, -0.2) is 11.8 Å². The maximum atomic E-state index is 11.8. The molecule has 0 unspecified atom stereocenters. The van der Waals surface area contributed by atoms with E-state index in [1.807, 2.05) is 20.8 Å². The molecule has 5 nitrogen and oxygen atoms in total. The first-order valence-corrected chi connectivity index (χ1v) is 6.50. The van der Waals surface area contributed by atoms with Crippen LogP contribution in [0.3, 0.4) is 0 Å². The van der Waals surface area contributed by atoms with Gasteiger partial charge in [-0.25, -0.2) is 0 Å². The lowest BCUT2D eigenvalue weighted by molar-refractivity contribution is -0.117. The van der Waals surface area contributed by atoms with Crippen molar-refractivity contribution >= 4 is 23.2 Å². The van der Waals surface area contributed by atoms with Crippen LogP contribution in [0.5, 0.6) is 0 Å². The van der Waals surface area contributed by atoms with Crippen molar-refractivity contribution in [2.45, 2.75) is 33.6 Å². The number of nitrogens with one attached hydrogen (secondary N) is 2. The first kappa shape index (κ1) is 15.7. The molecule has 0 heterocycles. The zero-order valence-corrected chi connectivity index (χ0v) is 12.0. The van der Waals surface area contributed by atoms with Gasteiger partial charge in [0.2, 0.25) is 11.8 Å². The van der Waals surface area contributed by atoms with Crippen molar-refractivity contribution in [3.05, 3.63) is 23.8 Å². The summed E-state index contributed by atoms with van der Waals surface area (Å²) in [5, 5.41) is 14.0. The van der Waals surface area contributed by atoms with Crippen LogP contribution in [0.4, 0.5) is 11.4 Å². The Labute approximate surface area is 119 Å². The molecular weight excluding hydrogens is 254 g/mol. The quantitative estimate of drug-likeness (QED) is 0.865. The smallest absolute Gasteiger partial charge is 0.238 e. The van der Waals surface area contributed by atoms with Crippen molar-refractivity contribution in [2.24, 2.45) is 5.92 Å². The van der Waals surface area contributed by atoms with Crippen LogP contribution < -0.4 is 10.6 Å². The lowest BCUT2D eigenvalue weighted by atomic mass is 10.1. The summed E-state index contributed by atoms with van der Waals surface area (Å²) in [4.78, 5) is 23.2. The highest BCUT2D eigenvalue weighted by molar-refractivity contribution is 5.96. The van der Waals surface area contributed by atoms with Gasteiger partial charge in [-0.3, -0.25) is 9.59 Å². The minimum atomic E-state index is -0.360. The molecular formula is C15H19N3O2. The van der Waals surface area contributed by atoms with E-state index in [0.717, 1.165) is 5.56 Å². The Bertz CT molecular complexity index is 545. The van der Waals surface area contributed by atoms with E-state index in [1.54, 1.807) is 24.3 Å². The first-order valence-electron chi connectivity index (χ1n) is 6.50. The Balaban J connectivity index is 2.82. The number of hydrogen-bond acceptors (Lipinski definition) is 3. The Kier molecular flexibility index (Phi) is 5.73. The van der Waals surface area contributed by atoms with Gasteiger partial charge in [0.25, 0.3) is 0 Å². The van der Waals surface area contributed by atoms with Crippen molar-refractivity contribution in [2.75, 3.05) is 10.6 Å². The van der Waals surface area contributed by atoms with Crippen LogP contribution in [0.15, 0.2) is 18.2 Å². The minimum Gasteiger partial charge on any atom is -0.326 e. The van der Waals surface area contributed by atoms with Crippen molar-refractivity contribution in [1.82, 2.24) is 0 Å². The van der Waals surface area contributed by atoms with Crippen LogP contribution in [0.1, 0.15) is 32.3 Å². The van der Waals surface area contributed by atoms with Gasteiger partial charge in [-0.05, 0) is 30.5 Å². The van der Waals surface area contributed by atoms with E-state index >= 15 is 0 Å². The predicted octanol–water partition coefficient (Wildman–Crippen LogP) is 2.83. The first-order chi connectivity index (χ1) is 9.43. The molecule has 0 aliphatic heterocycles. The number of nitriles is 1. The SMILES string of the molecule is Cc1c(NC(=O)CC#N)cccc1NC(=O)CC(C)C. The summed E-state index contributed by atoms with van der Waals surface area (Å²) in [5.41, 5.74) is 2.05. The number of amides is 2. The molecule has 2 amide bonds. The highest BCUT2D eigenvalue weighted by Crippen LogP contribution is 2.23. The number of hydrogen-bond donors (Lipinski definition) is 2.